The number of carbonyl (C=O) groups is 2. The number of amides is 2. The van der Waals surface area contributed by atoms with E-state index >= 15 is 0 Å². The maximum atomic E-state index is 14.1. The zero-order valence-corrected chi connectivity index (χ0v) is 22.2. The molecule has 2 aliphatic rings. The molecule has 38 heavy (non-hydrogen) atoms. The fourth-order valence-electron chi connectivity index (χ4n) is 5.86. The van der Waals surface area contributed by atoms with Crippen LogP contribution in [0.3, 0.4) is 0 Å². The number of hydrogen-bond donors (Lipinski definition) is 1. The van der Waals surface area contributed by atoms with Gasteiger partial charge in [0.25, 0.3) is 5.91 Å². The van der Waals surface area contributed by atoms with E-state index in [1.807, 2.05) is 72.8 Å². The van der Waals surface area contributed by atoms with Crippen molar-refractivity contribution in [2.45, 2.75) is 37.8 Å². The van der Waals surface area contributed by atoms with E-state index < -0.39 is 12.0 Å². The summed E-state index contributed by atoms with van der Waals surface area (Å²) in [5.41, 5.74) is 2.86. The van der Waals surface area contributed by atoms with Crippen molar-refractivity contribution >= 4 is 17.5 Å². The number of rotatable bonds is 8. The maximum absolute atomic E-state index is 14.1. The van der Waals surface area contributed by atoms with Gasteiger partial charge in [0.1, 0.15) is 11.5 Å². The predicted molar refractivity (Wildman–Crippen MR) is 148 cm³/mol. The average Bonchev–Trinajstić information content (AvgIpc) is 3.44. The first-order chi connectivity index (χ1) is 18.5. The van der Waals surface area contributed by atoms with Crippen LogP contribution in [0.1, 0.15) is 53.2 Å². The van der Waals surface area contributed by atoms with Crippen molar-refractivity contribution in [2.24, 2.45) is 0 Å². The molecule has 0 spiro atoms. The van der Waals surface area contributed by atoms with E-state index in [0.717, 1.165) is 37.1 Å². The molecule has 3 aromatic rings. The molecule has 2 aliphatic heterocycles. The van der Waals surface area contributed by atoms with Gasteiger partial charge in [0, 0.05) is 23.8 Å². The molecule has 0 aliphatic carbocycles. The van der Waals surface area contributed by atoms with Gasteiger partial charge >= 0.3 is 0 Å². The molecule has 1 N–H and O–H groups in total. The van der Waals surface area contributed by atoms with Crippen molar-refractivity contribution in [3.8, 4) is 11.5 Å². The Morgan fingerprint density at radius 3 is 2.26 bits per heavy atom. The van der Waals surface area contributed by atoms with E-state index in [1.54, 1.807) is 19.1 Å². The minimum atomic E-state index is -0.587. The average molecular weight is 514 g/mol. The summed E-state index contributed by atoms with van der Waals surface area (Å²) in [6.07, 6.45) is 2.22. The summed E-state index contributed by atoms with van der Waals surface area (Å²) in [5, 5.41) is 3.26. The highest BCUT2D eigenvalue weighted by atomic mass is 16.5. The van der Waals surface area contributed by atoms with Gasteiger partial charge in [-0.25, -0.2) is 0 Å². The Hall–Kier alpha value is -3.84. The Bertz CT molecular complexity index is 1280. The lowest BCUT2D eigenvalue weighted by molar-refractivity contribution is -0.123. The van der Waals surface area contributed by atoms with Crippen LogP contribution in [-0.2, 0) is 4.79 Å². The van der Waals surface area contributed by atoms with Crippen molar-refractivity contribution in [3.05, 3.63) is 89.5 Å². The molecule has 2 amide bonds. The molecule has 3 unspecified atom stereocenters. The third-order valence-corrected chi connectivity index (χ3v) is 7.85. The summed E-state index contributed by atoms with van der Waals surface area (Å²) in [7, 11) is 3.24. The molecule has 0 saturated carbocycles. The minimum Gasteiger partial charge on any atom is -0.497 e. The van der Waals surface area contributed by atoms with Crippen LogP contribution in [0, 0.1) is 0 Å². The molecule has 0 bridgehead atoms. The summed E-state index contributed by atoms with van der Waals surface area (Å²) in [6, 6.07) is 22.3. The van der Waals surface area contributed by atoms with Crippen LogP contribution in [0.2, 0.25) is 0 Å². The van der Waals surface area contributed by atoms with Crippen LogP contribution < -0.4 is 19.7 Å². The second kappa shape index (κ2) is 11.3. The van der Waals surface area contributed by atoms with E-state index in [4.69, 9.17) is 9.47 Å². The van der Waals surface area contributed by atoms with E-state index in [2.05, 4.69) is 17.1 Å². The molecule has 3 aromatic carbocycles. The first-order valence-corrected chi connectivity index (χ1v) is 13.3. The topological polar surface area (TPSA) is 71.1 Å². The highest BCUT2D eigenvalue weighted by molar-refractivity contribution is 6.11. The first kappa shape index (κ1) is 25.8. The molecule has 1 fully saturated rings. The lowest BCUT2D eigenvalue weighted by atomic mass is 9.78. The summed E-state index contributed by atoms with van der Waals surface area (Å²) in [4.78, 5) is 32.3. The van der Waals surface area contributed by atoms with Gasteiger partial charge in [-0.1, -0.05) is 37.3 Å². The van der Waals surface area contributed by atoms with Crippen molar-refractivity contribution in [1.29, 1.82) is 0 Å². The number of ether oxygens (including phenoxy) is 2. The lowest BCUT2D eigenvalue weighted by Gasteiger charge is -2.42. The number of nitrogens with one attached hydrogen (secondary N) is 1. The van der Waals surface area contributed by atoms with E-state index in [9.17, 15) is 9.59 Å². The molecule has 7 nitrogen and oxygen atoms in total. The Morgan fingerprint density at radius 2 is 1.61 bits per heavy atom. The Morgan fingerprint density at radius 1 is 0.947 bits per heavy atom. The van der Waals surface area contributed by atoms with E-state index in [0.29, 0.717) is 35.3 Å². The molecule has 1 saturated heterocycles. The molecule has 3 atom stereocenters. The number of carbonyl (C=O) groups excluding carboxylic acids is 2. The van der Waals surface area contributed by atoms with Gasteiger partial charge in [-0.3, -0.25) is 19.4 Å². The van der Waals surface area contributed by atoms with Gasteiger partial charge in [-0.15, -0.1) is 0 Å². The van der Waals surface area contributed by atoms with Crippen LogP contribution in [0.25, 0.3) is 0 Å². The molecule has 2 heterocycles. The van der Waals surface area contributed by atoms with Gasteiger partial charge < -0.3 is 14.8 Å². The van der Waals surface area contributed by atoms with Crippen LogP contribution >= 0.6 is 0 Å². The monoisotopic (exact) mass is 513 g/mol. The van der Waals surface area contributed by atoms with Gasteiger partial charge in [0.2, 0.25) is 5.91 Å². The quantitative estimate of drug-likeness (QED) is 0.469. The number of methoxy groups -OCH3 is 2. The second-order valence-corrected chi connectivity index (χ2v) is 9.83. The van der Waals surface area contributed by atoms with Gasteiger partial charge in [-0.2, -0.15) is 0 Å². The smallest absolute Gasteiger partial charge is 0.259 e. The summed E-state index contributed by atoms with van der Waals surface area (Å²) >= 11 is 0. The SMILES string of the molecule is CCN1CCCC1CNC(=O)C1c2ccccc2C(=O)N(c2ccc(OC)cc2)C1c1ccc(OC)cc1. The second-order valence-electron chi connectivity index (χ2n) is 9.83. The largest absolute Gasteiger partial charge is 0.497 e. The van der Waals surface area contributed by atoms with Gasteiger partial charge in [0.05, 0.1) is 26.2 Å². The van der Waals surface area contributed by atoms with Gasteiger partial charge in [-0.05, 0) is 79.5 Å². The number of hydrogen-bond acceptors (Lipinski definition) is 5. The fraction of sp³-hybridized carbons (Fsp3) is 0.355. The highest BCUT2D eigenvalue weighted by Crippen LogP contribution is 2.45. The predicted octanol–water partition coefficient (Wildman–Crippen LogP) is 4.79. The zero-order chi connectivity index (χ0) is 26.6. The van der Waals surface area contributed by atoms with Crippen molar-refractivity contribution in [3.63, 3.8) is 0 Å². The third-order valence-electron chi connectivity index (χ3n) is 7.85. The maximum Gasteiger partial charge on any atom is 0.259 e. The van der Waals surface area contributed by atoms with Crippen molar-refractivity contribution in [1.82, 2.24) is 10.2 Å². The number of fused-ring (bicyclic) bond motifs is 1. The number of nitrogens with zero attached hydrogens (tertiary/aromatic N) is 2. The van der Waals surface area contributed by atoms with Crippen molar-refractivity contribution in [2.75, 3.05) is 38.8 Å². The van der Waals surface area contributed by atoms with Gasteiger partial charge in [0.15, 0.2) is 0 Å². The van der Waals surface area contributed by atoms with Crippen LogP contribution in [-0.4, -0.2) is 56.6 Å². The van der Waals surface area contributed by atoms with Crippen molar-refractivity contribution < 1.29 is 19.1 Å². The number of anilines is 1. The molecule has 5 rings (SSSR count). The molecule has 198 valence electrons. The highest BCUT2D eigenvalue weighted by Gasteiger charge is 2.45. The summed E-state index contributed by atoms with van der Waals surface area (Å²) in [6.45, 7) is 4.80. The number of benzene rings is 3. The van der Waals surface area contributed by atoms with Crippen LogP contribution in [0.5, 0.6) is 11.5 Å². The molecular formula is C31H35N3O4. The van der Waals surface area contributed by atoms with Crippen LogP contribution in [0.4, 0.5) is 5.69 Å². The summed E-state index contributed by atoms with van der Waals surface area (Å²) in [5.74, 6) is 0.617. The standard InChI is InChI=1S/C31H35N3O4/c1-4-33-19-7-8-23(33)20-32-30(35)28-26-9-5-6-10-27(26)31(36)34(22-13-17-25(38-3)18-14-22)29(28)21-11-15-24(37-2)16-12-21/h5-6,9-18,23,28-29H,4,7-8,19-20H2,1-3H3,(H,32,35). The van der Waals surface area contributed by atoms with E-state index in [-0.39, 0.29) is 11.8 Å². The Balaban J connectivity index is 1.59. The fourth-order valence-corrected chi connectivity index (χ4v) is 5.86. The van der Waals surface area contributed by atoms with Crippen LogP contribution in [0.15, 0.2) is 72.8 Å². The molecule has 0 aromatic heterocycles. The normalized spacial score (nSPS) is 21.2. The Kier molecular flexibility index (Phi) is 7.65. The third kappa shape index (κ3) is 4.86. The van der Waals surface area contributed by atoms with E-state index in [1.165, 1.54) is 0 Å². The molecule has 7 heteroatoms. The lowest BCUT2D eigenvalue weighted by Crippen LogP contribution is -2.49. The molecule has 0 radical (unpaired) electrons. The number of likely N-dealkylation sites (N-methyl/N-ethyl adjacent to an activating group) is 1. The Labute approximate surface area is 224 Å². The minimum absolute atomic E-state index is 0.0766. The zero-order valence-electron chi connectivity index (χ0n) is 22.2. The summed E-state index contributed by atoms with van der Waals surface area (Å²) < 4.78 is 10.7. The number of likely N-dealkylation sites (tertiary alicyclic amines) is 1. The first-order valence-electron chi connectivity index (χ1n) is 13.3. The molecular weight excluding hydrogens is 478 g/mol.